The van der Waals surface area contributed by atoms with E-state index in [9.17, 15) is 9.18 Å². The first kappa shape index (κ1) is 17.8. The molecule has 6 nitrogen and oxygen atoms in total. The molecule has 0 radical (unpaired) electrons. The highest BCUT2D eigenvalue weighted by Crippen LogP contribution is 2.39. The van der Waals surface area contributed by atoms with Gasteiger partial charge in [-0.05, 0) is 37.1 Å². The summed E-state index contributed by atoms with van der Waals surface area (Å²) in [6.07, 6.45) is 3.54. The third-order valence-electron chi connectivity index (χ3n) is 5.32. The number of fused-ring (bicyclic) bond motifs is 1. The molecule has 144 valence electrons. The summed E-state index contributed by atoms with van der Waals surface area (Å²) >= 11 is 12.4. The molecule has 28 heavy (non-hydrogen) atoms. The Hall–Kier alpha value is -2.22. The number of rotatable bonds is 4. The Morgan fingerprint density at radius 1 is 1.21 bits per heavy atom. The summed E-state index contributed by atoms with van der Waals surface area (Å²) in [7, 11) is 0. The predicted octanol–water partition coefficient (Wildman–Crippen LogP) is 3.48. The van der Waals surface area contributed by atoms with Gasteiger partial charge in [-0.1, -0.05) is 23.2 Å². The molecule has 2 aliphatic rings. The Balaban J connectivity index is 1.58. The quantitative estimate of drug-likeness (QED) is 0.633. The summed E-state index contributed by atoms with van der Waals surface area (Å²) < 4.78 is 16.3. The maximum Gasteiger partial charge on any atom is 0.280 e. The van der Waals surface area contributed by atoms with Crippen LogP contribution in [0.4, 0.5) is 10.2 Å². The van der Waals surface area contributed by atoms with Crippen molar-refractivity contribution in [2.75, 3.05) is 18.4 Å². The van der Waals surface area contributed by atoms with Crippen LogP contribution in [0.3, 0.4) is 0 Å². The predicted molar refractivity (Wildman–Crippen MR) is 107 cm³/mol. The number of aromatic nitrogens is 3. The number of benzene rings is 1. The van der Waals surface area contributed by atoms with Crippen LogP contribution in [0.15, 0.2) is 35.4 Å². The largest absolute Gasteiger partial charge is 0.358 e. The first-order valence-corrected chi connectivity index (χ1v) is 9.75. The Morgan fingerprint density at radius 3 is 2.68 bits per heavy atom. The molecule has 3 aromatic rings. The van der Waals surface area contributed by atoms with Gasteiger partial charge in [-0.15, -0.1) is 0 Å². The maximum atomic E-state index is 14.6. The fraction of sp³-hybridized carbons (Fsp3) is 0.316. The minimum Gasteiger partial charge on any atom is -0.358 e. The van der Waals surface area contributed by atoms with Crippen molar-refractivity contribution in [2.45, 2.75) is 24.4 Å². The SMILES string of the molecule is O=c1c2nc(NC3(c4c(F)ccc(Cl)c4Cl)CNC3)ccc2ncn1C1CC1. The van der Waals surface area contributed by atoms with Crippen LogP contribution in [0.2, 0.25) is 10.0 Å². The lowest BCUT2D eigenvalue weighted by Crippen LogP contribution is -2.62. The maximum absolute atomic E-state index is 14.6. The first-order valence-electron chi connectivity index (χ1n) is 8.99. The van der Waals surface area contributed by atoms with E-state index in [2.05, 4.69) is 20.6 Å². The van der Waals surface area contributed by atoms with Crippen molar-refractivity contribution < 1.29 is 4.39 Å². The molecular formula is C19H16Cl2FN5O. The highest BCUT2D eigenvalue weighted by atomic mass is 35.5. The number of halogens is 3. The number of nitrogens with one attached hydrogen (secondary N) is 2. The van der Waals surface area contributed by atoms with Crippen LogP contribution in [-0.2, 0) is 5.54 Å². The Bertz CT molecular complexity index is 1160. The molecule has 2 N–H and O–H groups in total. The average Bonchev–Trinajstić information content (AvgIpc) is 3.48. The van der Waals surface area contributed by atoms with Crippen LogP contribution in [0.25, 0.3) is 11.0 Å². The van der Waals surface area contributed by atoms with Gasteiger partial charge in [0.05, 0.1) is 27.4 Å². The van der Waals surface area contributed by atoms with E-state index in [1.165, 1.54) is 12.1 Å². The van der Waals surface area contributed by atoms with E-state index in [0.29, 0.717) is 35.5 Å². The van der Waals surface area contributed by atoms with E-state index < -0.39 is 11.4 Å². The smallest absolute Gasteiger partial charge is 0.280 e. The minimum atomic E-state index is -0.801. The van der Waals surface area contributed by atoms with Gasteiger partial charge >= 0.3 is 0 Å². The lowest BCUT2D eigenvalue weighted by molar-refractivity contribution is 0.306. The van der Waals surface area contributed by atoms with Gasteiger partial charge in [0.25, 0.3) is 5.56 Å². The molecule has 3 heterocycles. The molecular weight excluding hydrogens is 404 g/mol. The van der Waals surface area contributed by atoms with Gasteiger partial charge in [-0.25, -0.2) is 14.4 Å². The summed E-state index contributed by atoms with van der Waals surface area (Å²) in [5.74, 6) is 0.0128. The van der Waals surface area contributed by atoms with Crippen LogP contribution in [0, 0.1) is 5.82 Å². The van der Waals surface area contributed by atoms with Crippen molar-refractivity contribution in [3.8, 4) is 0 Å². The van der Waals surface area contributed by atoms with Crippen molar-refractivity contribution >= 4 is 40.1 Å². The third kappa shape index (κ3) is 2.77. The van der Waals surface area contributed by atoms with E-state index in [1.807, 2.05) is 0 Å². The lowest BCUT2D eigenvalue weighted by Gasteiger charge is -2.44. The molecule has 0 spiro atoms. The summed E-state index contributed by atoms with van der Waals surface area (Å²) in [5, 5.41) is 6.87. The first-order chi connectivity index (χ1) is 13.5. The Kier molecular flexibility index (Phi) is 4.08. The van der Waals surface area contributed by atoms with Crippen molar-refractivity contribution in [3.63, 3.8) is 0 Å². The van der Waals surface area contributed by atoms with E-state index in [4.69, 9.17) is 23.2 Å². The second-order valence-electron chi connectivity index (χ2n) is 7.28. The molecule has 1 saturated heterocycles. The highest BCUT2D eigenvalue weighted by molar-refractivity contribution is 6.42. The normalized spacial score (nSPS) is 18.1. The molecule has 2 aromatic heterocycles. The van der Waals surface area contributed by atoms with Crippen molar-refractivity contribution in [3.05, 3.63) is 62.4 Å². The summed E-state index contributed by atoms with van der Waals surface area (Å²) in [5.41, 5.74) is 0.150. The molecule has 0 amide bonds. The Morgan fingerprint density at radius 2 is 2.00 bits per heavy atom. The molecule has 5 rings (SSSR count). The lowest BCUT2D eigenvalue weighted by atomic mass is 9.83. The Labute approximate surface area is 169 Å². The third-order valence-corrected chi connectivity index (χ3v) is 6.12. The van der Waals surface area contributed by atoms with Gasteiger partial charge in [0.1, 0.15) is 11.6 Å². The molecule has 9 heteroatoms. The van der Waals surface area contributed by atoms with E-state index in [-0.39, 0.29) is 21.6 Å². The molecule has 0 atom stereocenters. The zero-order valence-corrected chi connectivity index (χ0v) is 16.2. The second-order valence-corrected chi connectivity index (χ2v) is 8.07. The standard InChI is InChI=1S/C19H16Cl2FN5O/c20-11-3-4-12(22)15(16(11)21)19(7-23-8-19)26-14-6-5-13-17(25-14)18(28)27(9-24-13)10-1-2-10/h3-6,9-10,23H,1-2,7-8H2,(H,25,26). The monoisotopic (exact) mass is 419 g/mol. The summed E-state index contributed by atoms with van der Waals surface area (Å²) in [4.78, 5) is 21.6. The number of anilines is 1. The van der Waals surface area contributed by atoms with Crippen LogP contribution in [0.5, 0.6) is 0 Å². The van der Waals surface area contributed by atoms with Crippen LogP contribution in [0.1, 0.15) is 24.4 Å². The van der Waals surface area contributed by atoms with Gasteiger partial charge in [-0.2, -0.15) is 0 Å². The van der Waals surface area contributed by atoms with Crippen LogP contribution >= 0.6 is 23.2 Å². The second kappa shape index (κ2) is 6.40. The van der Waals surface area contributed by atoms with Gasteiger partial charge < -0.3 is 10.6 Å². The summed E-state index contributed by atoms with van der Waals surface area (Å²) in [6, 6.07) is 6.41. The van der Waals surface area contributed by atoms with Crippen LogP contribution < -0.4 is 16.2 Å². The van der Waals surface area contributed by atoms with Gasteiger partial charge in [0.15, 0.2) is 5.52 Å². The summed E-state index contributed by atoms with van der Waals surface area (Å²) in [6.45, 7) is 0.895. The zero-order chi connectivity index (χ0) is 19.5. The molecule has 0 unspecified atom stereocenters. The van der Waals surface area contributed by atoms with E-state index >= 15 is 0 Å². The average molecular weight is 420 g/mol. The number of hydrogen-bond acceptors (Lipinski definition) is 5. The van der Waals surface area contributed by atoms with Gasteiger partial charge in [-0.3, -0.25) is 9.36 Å². The molecule has 0 bridgehead atoms. The number of nitrogens with zero attached hydrogens (tertiary/aromatic N) is 3. The molecule has 1 saturated carbocycles. The molecule has 1 aliphatic carbocycles. The van der Waals surface area contributed by atoms with Crippen LogP contribution in [-0.4, -0.2) is 27.6 Å². The fourth-order valence-corrected chi connectivity index (χ4v) is 4.10. The molecule has 2 fully saturated rings. The molecule has 1 aliphatic heterocycles. The van der Waals surface area contributed by atoms with Crippen molar-refractivity contribution in [2.24, 2.45) is 0 Å². The number of hydrogen-bond donors (Lipinski definition) is 2. The fourth-order valence-electron chi connectivity index (χ4n) is 3.61. The van der Waals surface area contributed by atoms with E-state index in [0.717, 1.165) is 12.8 Å². The highest BCUT2D eigenvalue weighted by Gasteiger charge is 2.43. The zero-order valence-electron chi connectivity index (χ0n) is 14.7. The van der Waals surface area contributed by atoms with E-state index in [1.54, 1.807) is 23.0 Å². The minimum absolute atomic E-state index is 0.163. The van der Waals surface area contributed by atoms with Crippen molar-refractivity contribution in [1.82, 2.24) is 19.9 Å². The van der Waals surface area contributed by atoms with Crippen molar-refractivity contribution in [1.29, 1.82) is 0 Å². The van der Waals surface area contributed by atoms with Gasteiger partial charge in [0, 0.05) is 24.7 Å². The van der Waals surface area contributed by atoms with Gasteiger partial charge in [0.2, 0.25) is 0 Å². The molecule has 1 aromatic carbocycles. The number of pyridine rings is 1. The topological polar surface area (TPSA) is 71.8 Å².